The first kappa shape index (κ1) is 11.8. The molecule has 0 saturated heterocycles. The molecule has 84 valence electrons. The predicted octanol–water partition coefficient (Wildman–Crippen LogP) is 1.33. The molecule has 0 saturated carbocycles. The second-order valence-electron chi connectivity index (χ2n) is 3.29. The van der Waals surface area contributed by atoms with E-state index in [1.165, 1.54) is 0 Å². The molecule has 0 unspecified atom stereocenters. The molecule has 0 fully saturated rings. The molecule has 0 aromatic carbocycles. The Morgan fingerprint density at radius 1 is 1.47 bits per heavy atom. The van der Waals surface area contributed by atoms with Gasteiger partial charge in [-0.25, -0.2) is 4.98 Å². The van der Waals surface area contributed by atoms with E-state index in [0.717, 1.165) is 31.1 Å². The van der Waals surface area contributed by atoms with Crippen LogP contribution in [0, 0.1) is 0 Å². The molecule has 0 aliphatic heterocycles. The highest BCUT2D eigenvalue weighted by molar-refractivity contribution is 5.46. The zero-order chi connectivity index (χ0) is 11.1. The van der Waals surface area contributed by atoms with Crippen LogP contribution in [0.4, 0.5) is 11.6 Å². The second kappa shape index (κ2) is 6.24. The molecule has 0 aliphatic carbocycles. The average Bonchev–Trinajstić information content (AvgIpc) is 2.30. The molecular formula is C11H19N3O. The van der Waals surface area contributed by atoms with Crippen molar-refractivity contribution < 1.29 is 5.11 Å². The van der Waals surface area contributed by atoms with Crippen LogP contribution in [0.5, 0.6) is 0 Å². The number of aromatic nitrogens is 1. The van der Waals surface area contributed by atoms with E-state index in [9.17, 15) is 0 Å². The highest BCUT2D eigenvalue weighted by Crippen LogP contribution is 2.13. The maximum Gasteiger partial charge on any atom is 0.130 e. The molecule has 1 aromatic heterocycles. The summed E-state index contributed by atoms with van der Waals surface area (Å²) >= 11 is 0. The molecule has 0 aliphatic rings. The van der Waals surface area contributed by atoms with Gasteiger partial charge in [-0.15, -0.1) is 0 Å². The van der Waals surface area contributed by atoms with Crippen molar-refractivity contribution in [2.75, 3.05) is 37.0 Å². The number of pyridine rings is 1. The van der Waals surface area contributed by atoms with Gasteiger partial charge in [0.25, 0.3) is 0 Å². The summed E-state index contributed by atoms with van der Waals surface area (Å²) in [7, 11) is 1.86. The average molecular weight is 209 g/mol. The third kappa shape index (κ3) is 3.40. The molecule has 0 amide bonds. The van der Waals surface area contributed by atoms with Crippen LogP contribution in [0.3, 0.4) is 0 Å². The SMILES string of the molecule is CCN(CCCO)c1cccc(NC)n1. The van der Waals surface area contributed by atoms with E-state index in [4.69, 9.17) is 5.11 Å². The van der Waals surface area contributed by atoms with E-state index in [1.54, 1.807) is 0 Å². The van der Waals surface area contributed by atoms with E-state index in [2.05, 4.69) is 22.1 Å². The van der Waals surface area contributed by atoms with Gasteiger partial charge in [0.2, 0.25) is 0 Å². The third-order valence-corrected chi connectivity index (χ3v) is 2.28. The molecule has 1 aromatic rings. The zero-order valence-corrected chi connectivity index (χ0v) is 9.40. The topological polar surface area (TPSA) is 48.4 Å². The van der Waals surface area contributed by atoms with Gasteiger partial charge in [0.05, 0.1) is 0 Å². The number of nitrogens with zero attached hydrogens (tertiary/aromatic N) is 2. The summed E-state index contributed by atoms with van der Waals surface area (Å²) in [5, 5.41) is 11.8. The lowest BCUT2D eigenvalue weighted by molar-refractivity contribution is 0.289. The van der Waals surface area contributed by atoms with Gasteiger partial charge < -0.3 is 15.3 Å². The molecule has 0 radical (unpaired) electrons. The summed E-state index contributed by atoms with van der Waals surface area (Å²) in [6.45, 7) is 4.06. The molecule has 4 heteroatoms. The van der Waals surface area contributed by atoms with Crippen molar-refractivity contribution in [1.29, 1.82) is 0 Å². The van der Waals surface area contributed by atoms with Gasteiger partial charge in [-0.1, -0.05) is 6.07 Å². The van der Waals surface area contributed by atoms with Gasteiger partial charge in [0, 0.05) is 26.7 Å². The molecular weight excluding hydrogens is 190 g/mol. The number of hydrogen-bond donors (Lipinski definition) is 2. The summed E-state index contributed by atoms with van der Waals surface area (Å²) < 4.78 is 0. The first-order valence-electron chi connectivity index (χ1n) is 5.32. The number of hydrogen-bond acceptors (Lipinski definition) is 4. The fourth-order valence-corrected chi connectivity index (χ4v) is 1.43. The highest BCUT2D eigenvalue weighted by Gasteiger charge is 2.05. The Bertz CT molecular complexity index is 291. The van der Waals surface area contributed by atoms with Crippen LogP contribution in [0.2, 0.25) is 0 Å². The minimum atomic E-state index is 0.224. The number of anilines is 2. The standard InChI is InChI=1S/C11H19N3O/c1-3-14(8-5-9-15)11-7-4-6-10(12-2)13-11/h4,6-7,15H,3,5,8-9H2,1-2H3,(H,12,13). The molecule has 1 rings (SSSR count). The second-order valence-corrected chi connectivity index (χ2v) is 3.29. The molecule has 4 nitrogen and oxygen atoms in total. The summed E-state index contributed by atoms with van der Waals surface area (Å²) in [5.41, 5.74) is 0. The Labute approximate surface area is 90.9 Å². The molecule has 2 N–H and O–H groups in total. The summed E-state index contributed by atoms with van der Waals surface area (Å²) in [4.78, 5) is 6.60. The Morgan fingerprint density at radius 3 is 2.87 bits per heavy atom. The van der Waals surface area contributed by atoms with Crippen LogP contribution in [-0.2, 0) is 0 Å². The van der Waals surface area contributed by atoms with Crippen LogP contribution in [0.25, 0.3) is 0 Å². The van der Waals surface area contributed by atoms with Crippen molar-refractivity contribution in [2.24, 2.45) is 0 Å². The maximum atomic E-state index is 8.80. The summed E-state index contributed by atoms with van der Waals surface area (Å²) in [5.74, 6) is 1.83. The minimum Gasteiger partial charge on any atom is -0.396 e. The lowest BCUT2D eigenvalue weighted by atomic mass is 10.3. The van der Waals surface area contributed by atoms with Crippen molar-refractivity contribution in [1.82, 2.24) is 4.98 Å². The zero-order valence-electron chi connectivity index (χ0n) is 9.40. The number of aliphatic hydroxyl groups excluding tert-OH is 1. The Kier molecular flexibility index (Phi) is 4.90. The van der Waals surface area contributed by atoms with Gasteiger partial charge >= 0.3 is 0 Å². The first-order valence-corrected chi connectivity index (χ1v) is 5.32. The fourth-order valence-electron chi connectivity index (χ4n) is 1.43. The quantitative estimate of drug-likeness (QED) is 0.742. The van der Waals surface area contributed by atoms with Crippen molar-refractivity contribution >= 4 is 11.6 Å². The van der Waals surface area contributed by atoms with E-state index in [0.29, 0.717) is 0 Å². The summed E-state index contributed by atoms with van der Waals surface area (Å²) in [6.07, 6.45) is 0.777. The van der Waals surface area contributed by atoms with Crippen molar-refractivity contribution in [3.05, 3.63) is 18.2 Å². The van der Waals surface area contributed by atoms with Crippen LogP contribution in [0.1, 0.15) is 13.3 Å². The van der Waals surface area contributed by atoms with E-state index >= 15 is 0 Å². The van der Waals surface area contributed by atoms with Gasteiger partial charge in [0.1, 0.15) is 11.6 Å². The van der Waals surface area contributed by atoms with Gasteiger partial charge in [0.15, 0.2) is 0 Å². The van der Waals surface area contributed by atoms with E-state index < -0.39 is 0 Å². The number of rotatable bonds is 6. The molecule has 15 heavy (non-hydrogen) atoms. The van der Waals surface area contributed by atoms with Gasteiger partial charge in [-0.05, 0) is 25.5 Å². The van der Waals surface area contributed by atoms with Crippen LogP contribution in [-0.4, -0.2) is 36.8 Å². The first-order chi connectivity index (χ1) is 7.31. The van der Waals surface area contributed by atoms with Gasteiger partial charge in [-0.3, -0.25) is 0 Å². The van der Waals surface area contributed by atoms with E-state index in [1.807, 2.05) is 25.2 Å². The Morgan fingerprint density at radius 2 is 2.27 bits per heavy atom. The molecule has 0 bridgehead atoms. The third-order valence-electron chi connectivity index (χ3n) is 2.28. The lowest BCUT2D eigenvalue weighted by Gasteiger charge is -2.21. The maximum absolute atomic E-state index is 8.80. The molecule has 0 spiro atoms. The highest BCUT2D eigenvalue weighted by atomic mass is 16.3. The fraction of sp³-hybridized carbons (Fsp3) is 0.545. The van der Waals surface area contributed by atoms with E-state index in [-0.39, 0.29) is 6.61 Å². The van der Waals surface area contributed by atoms with Gasteiger partial charge in [-0.2, -0.15) is 0 Å². The normalized spacial score (nSPS) is 10.1. The van der Waals surface area contributed by atoms with Crippen LogP contribution < -0.4 is 10.2 Å². The lowest BCUT2D eigenvalue weighted by Crippen LogP contribution is -2.25. The van der Waals surface area contributed by atoms with Crippen LogP contribution in [0.15, 0.2) is 18.2 Å². The van der Waals surface area contributed by atoms with Crippen molar-refractivity contribution in [2.45, 2.75) is 13.3 Å². The molecule has 1 heterocycles. The number of aliphatic hydroxyl groups is 1. The van der Waals surface area contributed by atoms with Crippen molar-refractivity contribution in [3.63, 3.8) is 0 Å². The monoisotopic (exact) mass is 209 g/mol. The smallest absolute Gasteiger partial charge is 0.130 e. The largest absolute Gasteiger partial charge is 0.396 e. The summed E-state index contributed by atoms with van der Waals surface area (Å²) in [6, 6.07) is 5.90. The Balaban J connectivity index is 2.72. The van der Waals surface area contributed by atoms with Crippen molar-refractivity contribution in [3.8, 4) is 0 Å². The Hall–Kier alpha value is -1.29. The number of nitrogens with one attached hydrogen (secondary N) is 1. The van der Waals surface area contributed by atoms with Crippen LogP contribution >= 0.6 is 0 Å². The predicted molar refractivity (Wildman–Crippen MR) is 63.4 cm³/mol. The molecule has 0 atom stereocenters. The minimum absolute atomic E-state index is 0.224.